The first kappa shape index (κ1) is 12.7. The Morgan fingerprint density at radius 2 is 2.18 bits per heavy atom. The molecule has 1 aliphatic rings. The monoisotopic (exact) mass is 300 g/mol. The Hall–Kier alpha value is -0.750. The smallest absolute Gasteiger partial charge is 0.189 e. The molecule has 0 aromatic carbocycles. The van der Waals surface area contributed by atoms with E-state index in [4.69, 9.17) is 0 Å². The number of nitrogens with one attached hydrogen (secondary N) is 1. The molecular weight excluding hydrogens is 284 g/mol. The predicted molar refractivity (Wildman–Crippen MR) is 67.9 cm³/mol. The van der Waals surface area contributed by atoms with Crippen LogP contribution < -0.4 is 5.32 Å². The summed E-state index contributed by atoms with van der Waals surface area (Å²) < 4.78 is 2.11. The highest BCUT2D eigenvalue weighted by Crippen LogP contribution is 2.37. The van der Waals surface area contributed by atoms with E-state index in [0.29, 0.717) is 10.3 Å². The molecule has 0 unspecified atom stereocenters. The highest BCUT2D eigenvalue weighted by atomic mass is 79.9. The van der Waals surface area contributed by atoms with Gasteiger partial charge in [0.2, 0.25) is 0 Å². The molecule has 0 saturated carbocycles. The SMILES string of the molecule is CCC1(C(=O)c2c(Br)nnn2C)CCNCC1. The van der Waals surface area contributed by atoms with E-state index in [2.05, 4.69) is 38.5 Å². The van der Waals surface area contributed by atoms with Crippen LogP contribution in [-0.4, -0.2) is 33.9 Å². The summed E-state index contributed by atoms with van der Waals surface area (Å²) in [6.45, 7) is 3.89. The van der Waals surface area contributed by atoms with Gasteiger partial charge in [-0.1, -0.05) is 12.1 Å². The van der Waals surface area contributed by atoms with E-state index in [9.17, 15) is 4.79 Å². The van der Waals surface area contributed by atoms with Gasteiger partial charge in [-0.3, -0.25) is 4.79 Å². The summed E-state index contributed by atoms with van der Waals surface area (Å²) in [5.41, 5.74) is 0.345. The second-order valence-electron chi connectivity index (χ2n) is 4.57. The van der Waals surface area contributed by atoms with Gasteiger partial charge < -0.3 is 5.32 Å². The highest BCUT2D eigenvalue weighted by Gasteiger charge is 2.40. The summed E-state index contributed by atoms with van der Waals surface area (Å²) in [5, 5.41) is 11.1. The maximum absolute atomic E-state index is 12.7. The minimum absolute atomic E-state index is 0.167. The standard InChI is InChI=1S/C11H17BrN4O/c1-3-11(4-6-13-7-5-11)9(17)8-10(12)14-15-16(8)2/h13H,3-7H2,1-2H3. The second kappa shape index (κ2) is 4.86. The Kier molecular flexibility index (Phi) is 3.63. The van der Waals surface area contributed by atoms with Gasteiger partial charge in [-0.15, -0.1) is 5.10 Å². The van der Waals surface area contributed by atoms with Gasteiger partial charge in [0.15, 0.2) is 10.4 Å². The molecule has 0 radical (unpaired) electrons. The number of aromatic nitrogens is 3. The van der Waals surface area contributed by atoms with Gasteiger partial charge in [-0.05, 0) is 48.3 Å². The largest absolute Gasteiger partial charge is 0.317 e. The highest BCUT2D eigenvalue weighted by molar-refractivity contribution is 9.10. The molecule has 1 aromatic rings. The number of aryl methyl sites for hydroxylation is 1. The van der Waals surface area contributed by atoms with Crippen LogP contribution >= 0.6 is 15.9 Å². The number of hydrogen-bond acceptors (Lipinski definition) is 4. The quantitative estimate of drug-likeness (QED) is 0.860. The normalized spacial score (nSPS) is 19.2. The fraction of sp³-hybridized carbons (Fsp3) is 0.727. The van der Waals surface area contributed by atoms with E-state index in [1.54, 1.807) is 11.7 Å². The molecule has 1 fully saturated rings. The molecule has 1 aliphatic heterocycles. The van der Waals surface area contributed by atoms with Gasteiger partial charge in [0.25, 0.3) is 0 Å². The number of carbonyl (C=O) groups is 1. The molecular formula is C11H17BrN4O. The summed E-state index contributed by atoms with van der Waals surface area (Å²) >= 11 is 3.31. The number of carbonyl (C=O) groups excluding carboxylic acids is 1. The Labute approximate surface area is 109 Å². The lowest BCUT2D eigenvalue weighted by atomic mass is 9.72. The molecule has 5 nitrogen and oxygen atoms in total. The van der Waals surface area contributed by atoms with Gasteiger partial charge in [-0.25, -0.2) is 4.68 Å². The lowest BCUT2D eigenvalue weighted by molar-refractivity contribution is 0.0706. The van der Waals surface area contributed by atoms with Crippen LogP contribution in [0, 0.1) is 5.41 Å². The molecule has 0 atom stereocenters. The van der Waals surface area contributed by atoms with Crippen molar-refractivity contribution in [2.75, 3.05) is 13.1 Å². The third-order valence-electron chi connectivity index (χ3n) is 3.72. The van der Waals surface area contributed by atoms with Gasteiger partial charge in [0.05, 0.1) is 0 Å². The molecule has 2 heterocycles. The number of nitrogens with zero attached hydrogens (tertiary/aromatic N) is 3. The van der Waals surface area contributed by atoms with E-state index >= 15 is 0 Å². The first-order valence-electron chi connectivity index (χ1n) is 5.91. The number of rotatable bonds is 3. The van der Waals surface area contributed by atoms with Crippen molar-refractivity contribution in [3.05, 3.63) is 10.3 Å². The third kappa shape index (κ3) is 2.15. The summed E-state index contributed by atoms with van der Waals surface area (Å²) in [6, 6.07) is 0. The number of Topliss-reactive ketones (excluding diaryl/α,β-unsaturated/α-hetero) is 1. The number of ketones is 1. The maximum atomic E-state index is 12.7. The van der Waals surface area contributed by atoms with Crippen molar-refractivity contribution in [2.24, 2.45) is 12.5 Å². The summed E-state index contributed by atoms with van der Waals surface area (Å²) in [4.78, 5) is 12.7. The van der Waals surface area contributed by atoms with Crippen molar-refractivity contribution < 1.29 is 4.79 Å². The van der Waals surface area contributed by atoms with Crippen LogP contribution in [0.2, 0.25) is 0 Å². The van der Waals surface area contributed by atoms with E-state index in [1.807, 2.05) is 0 Å². The van der Waals surface area contributed by atoms with Crippen molar-refractivity contribution in [3.8, 4) is 0 Å². The maximum Gasteiger partial charge on any atom is 0.189 e. The topological polar surface area (TPSA) is 59.8 Å². The number of halogens is 1. The van der Waals surface area contributed by atoms with E-state index in [0.717, 1.165) is 32.4 Å². The van der Waals surface area contributed by atoms with Crippen molar-refractivity contribution in [1.29, 1.82) is 0 Å². The fourth-order valence-electron chi connectivity index (χ4n) is 2.47. The molecule has 0 aliphatic carbocycles. The van der Waals surface area contributed by atoms with Crippen molar-refractivity contribution in [2.45, 2.75) is 26.2 Å². The van der Waals surface area contributed by atoms with Crippen LogP contribution in [-0.2, 0) is 7.05 Å². The van der Waals surface area contributed by atoms with Crippen molar-refractivity contribution >= 4 is 21.7 Å². The molecule has 0 spiro atoms. The molecule has 2 rings (SSSR count). The average molecular weight is 301 g/mol. The molecule has 1 saturated heterocycles. The minimum Gasteiger partial charge on any atom is -0.317 e. The molecule has 1 aromatic heterocycles. The van der Waals surface area contributed by atoms with Gasteiger partial charge in [0.1, 0.15) is 5.69 Å². The van der Waals surface area contributed by atoms with E-state index < -0.39 is 0 Å². The molecule has 94 valence electrons. The molecule has 0 amide bonds. The van der Waals surface area contributed by atoms with Crippen LogP contribution in [0.3, 0.4) is 0 Å². The zero-order valence-electron chi connectivity index (χ0n) is 10.2. The third-order valence-corrected chi connectivity index (χ3v) is 4.25. The van der Waals surface area contributed by atoms with Crippen LogP contribution in [0.25, 0.3) is 0 Å². The average Bonchev–Trinajstić information content (AvgIpc) is 2.69. The van der Waals surface area contributed by atoms with Gasteiger partial charge >= 0.3 is 0 Å². The van der Waals surface area contributed by atoms with Crippen molar-refractivity contribution in [1.82, 2.24) is 20.3 Å². The van der Waals surface area contributed by atoms with Crippen molar-refractivity contribution in [3.63, 3.8) is 0 Å². The van der Waals surface area contributed by atoms with Gasteiger partial charge in [-0.2, -0.15) is 0 Å². The summed E-state index contributed by atoms with van der Waals surface area (Å²) in [5.74, 6) is 0.167. The van der Waals surface area contributed by atoms with Crippen LogP contribution in [0.4, 0.5) is 0 Å². The number of piperidine rings is 1. The Morgan fingerprint density at radius 3 is 2.65 bits per heavy atom. The van der Waals surface area contributed by atoms with Crippen LogP contribution in [0.5, 0.6) is 0 Å². The minimum atomic E-state index is -0.247. The van der Waals surface area contributed by atoms with Crippen LogP contribution in [0.15, 0.2) is 4.60 Å². The molecule has 17 heavy (non-hydrogen) atoms. The Bertz CT molecular complexity index is 404. The zero-order chi connectivity index (χ0) is 12.5. The number of hydrogen-bond donors (Lipinski definition) is 1. The zero-order valence-corrected chi connectivity index (χ0v) is 11.7. The Balaban J connectivity index is 2.35. The van der Waals surface area contributed by atoms with E-state index in [1.165, 1.54) is 0 Å². The molecule has 6 heteroatoms. The Morgan fingerprint density at radius 1 is 1.53 bits per heavy atom. The first-order valence-corrected chi connectivity index (χ1v) is 6.71. The molecule has 0 bridgehead atoms. The van der Waals surface area contributed by atoms with Crippen LogP contribution in [0.1, 0.15) is 36.7 Å². The lowest BCUT2D eigenvalue weighted by Crippen LogP contribution is -2.42. The summed E-state index contributed by atoms with van der Waals surface area (Å²) in [6.07, 6.45) is 2.64. The predicted octanol–water partition coefficient (Wildman–Crippen LogP) is 1.54. The molecule has 1 N–H and O–H groups in total. The fourth-order valence-corrected chi connectivity index (χ4v) is 2.98. The van der Waals surface area contributed by atoms with E-state index in [-0.39, 0.29) is 11.2 Å². The summed E-state index contributed by atoms with van der Waals surface area (Å²) in [7, 11) is 1.76. The lowest BCUT2D eigenvalue weighted by Gasteiger charge is -2.35. The second-order valence-corrected chi connectivity index (χ2v) is 5.32. The first-order chi connectivity index (χ1) is 8.10. The van der Waals surface area contributed by atoms with Gasteiger partial charge in [0, 0.05) is 12.5 Å².